The molecule has 0 radical (unpaired) electrons. The monoisotopic (exact) mass is 652 g/mol. The molecule has 4 aromatic heterocycles. The van der Waals surface area contributed by atoms with Crippen LogP contribution in [-0.4, -0.2) is 18.8 Å². The van der Waals surface area contributed by atoms with Gasteiger partial charge < -0.3 is 0 Å². The minimum Gasteiger partial charge on any atom is -0.268 e. The van der Waals surface area contributed by atoms with Gasteiger partial charge in [0.05, 0.1) is 21.8 Å². The van der Waals surface area contributed by atoms with Crippen LogP contribution in [0.3, 0.4) is 0 Å². The molecule has 5 aromatic carbocycles. The van der Waals surface area contributed by atoms with E-state index in [4.69, 9.17) is 21.6 Å². The van der Waals surface area contributed by atoms with Crippen LogP contribution < -0.4 is 11.1 Å². The second-order valence-electron chi connectivity index (χ2n) is 12.0. The van der Waals surface area contributed by atoms with Gasteiger partial charge in [-0.1, -0.05) is 84.4 Å². The zero-order valence-electron chi connectivity index (χ0n) is 25.9. The number of aromatic nitrogens is 4. The molecule has 0 aliphatic heterocycles. The van der Waals surface area contributed by atoms with Crippen LogP contribution in [0.1, 0.15) is 0 Å². The average Bonchev–Trinajstić information content (AvgIpc) is 3.14. The molecular weight excluding hydrogens is 628 g/mol. The SMILES string of the molecule is O=c1c2ccccc2nc2cc(-c3ccccc3-c3cc(Cl)cc(-c4ccccc4-c4ccn5c(=O)c6ccccc6nc5c4)c3)ccn12. The highest BCUT2D eigenvalue weighted by Gasteiger charge is 2.15. The topological polar surface area (TPSA) is 68.7 Å². The van der Waals surface area contributed by atoms with Crippen molar-refractivity contribution in [3.8, 4) is 44.5 Å². The van der Waals surface area contributed by atoms with Crippen LogP contribution in [0.15, 0.2) is 162 Å². The van der Waals surface area contributed by atoms with E-state index in [0.29, 0.717) is 38.1 Å². The fraction of sp³-hybridized carbons (Fsp3) is 0. The molecular formula is C42H25ClN4O2. The van der Waals surface area contributed by atoms with E-state index in [1.165, 1.54) is 0 Å². The number of rotatable bonds is 4. The van der Waals surface area contributed by atoms with Gasteiger partial charge in [0.1, 0.15) is 11.3 Å². The summed E-state index contributed by atoms with van der Waals surface area (Å²) >= 11 is 6.85. The Hall–Kier alpha value is -6.37. The lowest BCUT2D eigenvalue weighted by atomic mass is 9.90. The Kier molecular flexibility index (Phi) is 6.71. The summed E-state index contributed by atoms with van der Waals surface area (Å²) in [7, 11) is 0. The molecule has 0 aliphatic rings. The maximum Gasteiger partial charge on any atom is 0.265 e. The molecule has 4 heterocycles. The van der Waals surface area contributed by atoms with Gasteiger partial charge in [-0.3, -0.25) is 18.4 Å². The molecule has 232 valence electrons. The molecule has 0 fully saturated rings. The van der Waals surface area contributed by atoms with Gasteiger partial charge in [0.15, 0.2) is 0 Å². The van der Waals surface area contributed by atoms with Gasteiger partial charge in [-0.25, -0.2) is 9.97 Å². The highest BCUT2D eigenvalue weighted by molar-refractivity contribution is 6.31. The van der Waals surface area contributed by atoms with Crippen molar-refractivity contribution in [2.24, 2.45) is 0 Å². The minimum absolute atomic E-state index is 0.0961. The first-order chi connectivity index (χ1) is 24.0. The van der Waals surface area contributed by atoms with Gasteiger partial charge in [-0.2, -0.15) is 0 Å². The maximum atomic E-state index is 13.2. The number of fused-ring (bicyclic) bond motifs is 4. The summed E-state index contributed by atoms with van der Waals surface area (Å²) in [6.45, 7) is 0. The molecule has 0 bridgehead atoms. The predicted molar refractivity (Wildman–Crippen MR) is 198 cm³/mol. The molecule has 9 aromatic rings. The van der Waals surface area contributed by atoms with Crippen molar-refractivity contribution in [3.05, 3.63) is 178 Å². The summed E-state index contributed by atoms with van der Waals surface area (Å²) < 4.78 is 3.17. The van der Waals surface area contributed by atoms with Crippen LogP contribution in [-0.2, 0) is 0 Å². The van der Waals surface area contributed by atoms with Gasteiger partial charge in [0.25, 0.3) is 11.1 Å². The van der Waals surface area contributed by atoms with Crippen LogP contribution >= 0.6 is 11.6 Å². The van der Waals surface area contributed by atoms with Gasteiger partial charge in [-0.05, 0) is 111 Å². The van der Waals surface area contributed by atoms with Crippen LogP contribution in [0.25, 0.3) is 77.6 Å². The van der Waals surface area contributed by atoms with E-state index in [1.54, 1.807) is 33.3 Å². The molecule has 0 unspecified atom stereocenters. The second-order valence-corrected chi connectivity index (χ2v) is 12.4. The molecule has 9 rings (SSSR count). The van der Waals surface area contributed by atoms with Gasteiger partial charge in [0.2, 0.25) is 0 Å². The number of para-hydroxylation sites is 2. The lowest BCUT2D eigenvalue weighted by Gasteiger charge is -2.15. The van der Waals surface area contributed by atoms with Crippen molar-refractivity contribution in [3.63, 3.8) is 0 Å². The molecule has 0 amide bonds. The van der Waals surface area contributed by atoms with E-state index in [-0.39, 0.29) is 11.1 Å². The molecule has 0 saturated heterocycles. The number of pyridine rings is 2. The summed E-state index contributed by atoms with van der Waals surface area (Å²) in [5, 5.41) is 1.78. The van der Waals surface area contributed by atoms with Crippen molar-refractivity contribution in [2.45, 2.75) is 0 Å². The van der Waals surface area contributed by atoms with Crippen molar-refractivity contribution in [2.75, 3.05) is 0 Å². The van der Waals surface area contributed by atoms with Crippen LogP contribution in [0, 0.1) is 0 Å². The molecule has 6 nitrogen and oxygen atoms in total. The quantitative estimate of drug-likeness (QED) is 0.178. The van der Waals surface area contributed by atoms with E-state index in [1.807, 2.05) is 97.1 Å². The fourth-order valence-corrected chi connectivity index (χ4v) is 6.95. The summed E-state index contributed by atoms with van der Waals surface area (Å²) in [5.74, 6) is 0. The van der Waals surface area contributed by atoms with Crippen molar-refractivity contribution in [1.82, 2.24) is 18.8 Å². The molecule has 0 saturated carbocycles. The minimum atomic E-state index is -0.0961. The number of halogens is 1. The third kappa shape index (κ3) is 4.89. The first-order valence-electron chi connectivity index (χ1n) is 15.8. The third-order valence-electron chi connectivity index (χ3n) is 9.04. The molecule has 0 N–H and O–H groups in total. The first-order valence-corrected chi connectivity index (χ1v) is 16.2. The Bertz CT molecular complexity index is 2720. The van der Waals surface area contributed by atoms with E-state index >= 15 is 0 Å². The zero-order chi connectivity index (χ0) is 33.1. The summed E-state index contributed by atoms with van der Waals surface area (Å²) in [4.78, 5) is 36.0. The lowest BCUT2D eigenvalue weighted by Crippen LogP contribution is -2.14. The lowest BCUT2D eigenvalue weighted by molar-refractivity contribution is 1.08. The van der Waals surface area contributed by atoms with E-state index in [2.05, 4.69) is 30.3 Å². The van der Waals surface area contributed by atoms with Crippen LogP contribution in [0.2, 0.25) is 5.02 Å². The third-order valence-corrected chi connectivity index (χ3v) is 9.26. The molecule has 49 heavy (non-hydrogen) atoms. The van der Waals surface area contributed by atoms with Crippen molar-refractivity contribution >= 4 is 44.7 Å². The number of benzene rings is 5. The van der Waals surface area contributed by atoms with Gasteiger partial charge in [-0.15, -0.1) is 0 Å². The fourth-order valence-electron chi connectivity index (χ4n) is 6.71. The number of nitrogens with zero attached hydrogens (tertiary/aromatic N) is 4. The van der Waals surface area contributed by atoms with Crippen molar-refractivity contribution in [1.29, 1.82) is 0 Å². The number of hydrogen-bond acceptors (Lipinski definition) is 4. The predicted octanol–water partition coefficient (Wildman–Crippen LogP) is 9.33. The van der Waals surface area contributed by atoms with E-state index in [0.717, 1.165) is 44.5 Å². The number of hydrogen-bond donors (Lipinski definition) is 0. The summed E-state index contributed by atoms with van der Waals surface area (Å²) in [5.41, 5.74) is 10.1. The van der Waals surface area contributed by atoms with E-state index in [9.17, 15) is 9.59 Å². The normalized spacial score (nSPS) is 11.5. The van der Waals surface area contributed by atoms with Crippen molar-refractivity contribution < 1.29 is 0 Å². The summed E-state index contributed by atoms with van der Waals surface area (Å²) in [6.07, 6.45) is 3.58. The Morgan fingerprint density at radius 3 is 1.27 bits per heavy atom. The molecule has 7 heteroatoms. The Morgan fingerprint density at radius 1 is 0.429 bits per heavy atom. The standard InChI is InChI=1S/C42H25ClN4O2/c43-30-22-28(33-11-3-1-9-31(33)26-17-19-46-39(24-26)44-37-15-7-5-13-35(37)41(46)48)21-29(23-30)34-12-4-2-10-32(34)27-18-20-47-40(25-27)45-38-16-8-6-14-36(38)42(47)49/h1-25H. The average molecular weight is 653 g/mol. The highest BCUT2D eigenvalue weighted by Crippen LogP contribution is 2.39. The molecule has 0 spiro atoms. The molecule has 0 aliphatic carbocycles. The largest absolute Gasteiger partial charge is 0.268 e. The first kappa shape index (κ1) is 28.8. The Balaban J connectivity index is 1.17. The van der Waals surface area contributed by atoms with Gasteiger partial charge in [0, 0.05) is 17.4 Å². The maximum absolute atomic E-state index is 13.2. The van der Waals surface area contributed by atoms with Crippen LogP contribution in [0.4, 0.5) is 0 Å². The smallest absolute Gasteiger partial charge is 0.265 e. The van der Waals surface area contributed by atoms with Crippen LogP contribution in [0.5, 0.6) is 0 Å². The Morgan fingerprint density at radius 2 is 0.816 bits per heavy atom. The van der Waals surface area contributed by atoms with Gasteiger partial charge >= 0.3 is 0 Å². The Labute approximate surface area is 284 Å². The highest BCUT2D eigenvalue weighted by atomic mass is 35.5. The van der Waals surface area contributed by atoms with E-state index < -0.39 is 0 Å². The summed E-state index contributed by atoms with van der Waals surface area (Å²) in [6, 6.07) is 45.1. The second kappa shape index (κ2) is 11.4. The molecule has 0 atom stereocenters. The zero-order valence-corrected chi connectivity index (χ0v) is 26.7.